The summed E-state index contributed by atoms with van der Waals surface area (Å²) in [7, 11) is 4.37. The van der Waals surface area contributed by atoms with Crippen molar-refractivity contribution in [2.45, 2.75) is 38.6 Å². The Balaban J connectivity index is 2.00. The van der Waals surface area contributed by atoms with E-state index in [-0.39, 0.29) is 29.9 Å². The average Bonchev–Trinajstić information content (AvgIpc) is 2.66. The molecule has 2 rings (SSSR count). The molecule has 0 spiro atoms. The second-order valence-electron chi connectivity index (χ2n) is 6.39. The zero-order valence-corrected chi connectivity index (χ0v) is 15.8. The van der Waals surface area contributed by atoms with Crippen LogP contribution in [0, 0.1) is 5.92 Å². The number of carbonyl (C=O) groups is 2. The molecule has 1 fully saturated rings. The van der Waals surface area contributed by atoms with Gasteiger partial charge in [0.1, 0.15) is 5.56 Å². The second kappa shape index (κ2) is 9.31. The van der Waals surface area contributed by atoms with Crippen LogP contribution in [-0.4, -0.2) is 45.9 Å². The molecular weight excluding hydrogens is 338 g/mol. The van der Waals surface area contributed by atoms with Gasteiger partial charge in [-0.2, -0.15) is 0 Å². The molecule has 26 heavy (non-hydrogen) atoms. The Kier molecular flexibility index (Phi) is 7.12. The maximum Gasteiger partial charge on any atom is 0.342 e. The lowest BCUT2D eigenvalue weighted by atomic mass is 9.86. The van der Waals surface area contributed by atoms with Crippen LogP contribution in [0.3, 0.4) is 0 Å². The van der Waals surface area contributed by atoms with Crippen molar-refractivity contribution < 1.29 is 28.5 Å². The van der Waals surface area contributed by atoms with Crippen molar-refractivity contribution in [3.63, 3.8) is 0 Å². The molecule has 1 aliphatic carbocycles. The van der Waals surface area contributed by atoms with Crippen molar-refractivity contribution in [1.82, 2.24) is 5.32 Å². The van der Waals surface area contributed by atoms with Gasteiger partial charge >= 0.3 is 5.97 Å². The summed E-state index contributed by atoms with van der Waals surface area (Å²) in [6.07, 6.45) is 4.37. The highest BCUT2D eigenvalue weighted by Gasteiger charge is 2.25. The summed E-state index contributed by atoms with van der Waals surface area (Å²) in [4.78, 5) is 24.5. The third kappa shape index (κ3) is 4.59. The number of hydrogen-bond acceptors (Lipinski definition) is 6. The highest BCUT2D eigenvalue weighted by Crippen LogP contribution is 2.39. The number of methoxy groups -OCH3 is 3. The van der Waals surface area contributed by atoms with E-state index in [9.17, 15) is 9.59 Å². The Morgan fingerprint density at radius 3 is 2.35 bits per heavy atom. The average molecular weight is 365 g/mol. The molecule has 1 saturated carbocycles. The third-order valence-electron chi connectivity index (χ3n) is 4.72. The van der Waals surface area contributed by atoms with Crippen LogP contribution < -0.4 is 19.5 Å². The molecule has 0 aromatic heterocycles. The largest absolute Gasteiger partial charge is 0.493 e. The molecule has 1 aliphatic rings. The van der Waals surface area contributed by atoms with Crippen LogP contribution in [0.4, 0.5) is 0 Å². The number of amides is 1. The number of benzene rings is 1. The standard InChI is InChI=1S/C19H27NO6/c1-12-7-5-6-8-14(12)20-16(21)11-26-19(22)13-9-10-15(23-2)18(25-4)17(13)24-3/h9-10,12,14H,5-8,11H2,1-4H3,(H,20,21)/t12-,14-/m0/s1. The SMILES string of the molecule is COc1ccc(C(=O)OCC(=O)N[C@H]2CCCC[C@@H]2C)c(OC)c1OC. The minimum atomic E-state index is -0.658. The Hall–Kier alpha value is -2.44. The molecule has 0 bridgehead atoms. The predicted octanol–water partition coefficient (Wildman–Crippen LogP) is 2.56. The zero-order valence-electron chi connectivity index (χ0n) is 15.8. The number of esters is 1. The van der Waals surface area contributed by atoms with Gasteiger partial charge in [-0.05, 0) is 30.9 Å². The molecule has 1 N–H and O–H groups in total. The smallest absolute Gasteiger partial charge is 0.342 e. The van der Waals surface area contributed by atoms with Crippen LogP contribution in [0.15, 0.2) is 12.1 Å². The van der Waals surface area contributed by atoms with Crippen molar-refractivity contribution >= 4 is 11.9 Å². The van der Waals surface area contributed by atoms with Crippen molar-refractivity contribution in [2.24, 2.45) is 5.92 Å². The van der Waals surface area contributed by atoms with E-state index < -0.39 is 5.97 Å². The molecule has 1 aromatic carbocycles. The Bertz CT molecular complexity index is 645. The quantitative estimate of drug-likeness (QED) is 0.748. The first kappa shape index (κ1) is 19.9. The molecule has 0 radical (unpaired) electrons. The molecule has 7 nitrogen and oxygen atoms in total. The van der Waals surface area contributed by atoms with Gasteiger partial charge in [0.05, 0.1) is 21.3 Å². The van der Waals surface area contributed by atoms with E-state index in [1.54, 1.807) is 6.07 Å². The first-order valence-electron chi connectivity index (χ1n) is 8.77. The Morgan fingerprint density at radius 1 is 1.04 bits per heavy atom. The van der Waals surface area contributed by atoms with Gasteiger partial charge in [0, 0.05) is 6.04 Å². The molecule has 1 amide bonds. The molecular formula is C19H27NO6. The molecule has 144 valence electrons. The molecule has 1 aromatic rings. The molecule has 0 saturated heterocycles. The van der Waals surface area contributed by atoms with Gasteiger partial charge in [0.25, 0.3) is 5.91 Å². The van der Waals surface area contributed by atoms with E-state index in [0.717, 1.165) is 19.3 Å². The fourth-order valence-electron chi connectivity index (χ4n) is 3.25. The number of carbonyl (C=O) groups excluding carboxylic acids is 2. The van der Waals surface area contributed by atoms with Gasteiger partial charge in [0.2, 0.25) is 5.75 Å². The summed E-state index contributed by atoms with van der Waals surface area (Å²) in [6, 6.07) is 3.25. The van der Waals surface area contributed by atoms with Gasteiger partial charge < -0.3 is 24.3 Å². The third-order valence-corrected chi connectivity index (χ3v) is 4.72. The van der Waals surface area contributed by atoms with Crippen molar-refractivity contribution in [1.29, 1.82) is 0 Å². The van der Waals surface area contributed by atoms with Crippen LogP contribution in [0.1, 0.15) is 43.0 Å². The maximum atomic E-state index is 12.4. The van der Waals surface area contributed by atoms with E-state index in [1.165, 1.54) is 33.8 Å². The zero-order chi connectivity index (χ0) is 19.1. The molecule has 0 aliphatic heterocycles. The fourth-order valence-corrected chi connectivity index (χ4v) is 3.25. The van der Waals surface area contributed by atoms with E-state index in [0.29, 0.717) is 17.4 Å². The van der Waals surface area contributed by atoms with Crippen LogP contribution in [0.2, 0.25) is 0 Å². The van der Waals surface area contributed by atoms with Gasteiger partial charge in [-0.25, -0.2) is 4.79 Å². The van der Waals surface area contributed by atoms with Gasteiger partial charge in [-0.15, -0.1) is 0 Å². The van der Waals surface area contributed by atoms with E-state index in [2.05, 4.69) is 12.2 Å². The van der Waals surface area contributed by atoms with Crippen LogP contribution >= 0.6 is 0 Å². The van der Waals surface area contributed by atoms with E-state index >= 15 is 0 Å². The Labute approximate surface area is 153 Å². The Morgan fingerprint density at radius 2 is 1.73 bits per heavy atom. The minimum absolute atomic E-state index is 0.144. The molecule has 0 unspecified atom stereocenters. The summed E-state index contributed by atoms with van der Waals surface area (Å²) in [5.41, 5.74) is 0.170. The highest BCUT2D eigenvalue weighted by molar-refractivity contribution is 5.95. The van der Waals surface area contributed by atoms with Crippen molar-refractivity contribution in [3.8, 4) is 17.2 Å². The van der Waals surface area contributed by atoms with E-state index in [1.807, 2.05) is 0 Å². The van der Waals surface area contributed by atoms with Crippen LogP contribution in [0.25, 0.3) is 0 Å². The van der Waals surface area contributed by atoms with Gasteiger partial charge in [-0.1, -0.05) is 19.8 Å². The lowest BCUT2D eigenvalue weighted by Gasteiger charge is -2.29. The topological polar surface area (TPSA) is 83.1 Å². The van der Waals surface area contributed by atoms with Crippen LogP contribution in [0.5, 0.6) is 17.2 Å². The fraction of sp³-hybridized carbons (Fsp3) is 0.579. The normalized spacial score (nSPS) is 19.4. The van der Waals surface area contributed by atoms with Gasteiger partial charge in [-0.3, -0.25) is 4.79 Å². The number of nitrogens with one attached hydrogen (secondary N) is 1. The van der Waals surface area contributed by atoms with E-state index in [4.69, 9.17) is 18.9 Å². The summed E-state index contributed by atoms with van der Waals surface area (Å²) in [6.45, 7) is 1.80. The van der Waals surface area contributed by atoms with Crippen molar-refractivity contribution in [2.75, 3.05) is 27.9 Å². The van der Waals surface area contributed by atoms with Crippen LogP contribution in [-0.2, 0) is 9.53 Å². The van der Waals surface area contributed by atoms with Crippen molar-refractivity contribution in [3.05, 3.63) is 17.7 Å². The summed E-state index contributed by atoms with van der Waals surface area (Å²) in [5, 5.41) is 2.95. The van der Waals surface area contributed by atoms with Gasteiger partial charge in [0.15, 0.2) is 18.1 Å². The molecule has 2 atom stereocenters. The minimum Gasteiger partial charge on any atom is -0.493 e. The first-order chi connectivity index (χ1) is 12.5. The lowest BCUT2D eigenvalue weighted by molar-refractivity contribution is -0.125. The summed E-state index contributed by atoms with van der Waals surface area (Å²) in [5.74, 6) is 0.425. The number of hydrogen-bond donors (Lipinski definition) is 1. The lowest BCUT2D eigenvalue weighted by Crippen LogP contribution is -2.42. The maximum absolute atomic E-state index is 12.4. The number of ether oxygens (including phenoxy) is 4. The summed E-state index contributed by atoms with van der Waals surface area (Å²) < 4.78 is 20.9. The highest BCUT2D eigenvalue weighted by atomic mass is 16.5. The predicted molar refractivity (Wildman–Crippen MR) is 95.9 cm³/mol. The first-order valence-corrected chi connectivity index (χ1v) is 8.77. The summed E-state index contributed by atoms with van der Waals surface area (Å²) >= 11 is 0. The monoisotopic (exact) mass is 365 g/mol. The molecule has 0 heterocycles. The second-order valence-corrected chi connectivity index (χ2v) is 6.39. The molecule has 7 heteroatoms. The number of rotatable bonds is 7.